The summed E-state index contributed by atoms with van der Waals surface area (Å²) in [5.74, 6) is 1.52. The minimum atomic E-state index is -0.136. The maximum Gasteiger partial charge on any atom is 0.248 e. The van der Waals surface area contributed by atoms with Gasteiger partial charge in [-0.1, -0.05) is 31.2 Å². The van der Waals surface area contributed by atoms with Crippen LogP contribution in [0.1, 0.15) is 30.9 Å². The Hall–Kier alpha value is -2.59. The number of likely N-dealkylation sites (tertiary alicyclic amines) is 1. The van der Waals surface area contributed by atoms with Crippen molar-refractivity contribution in [3.8, 4) is 5.75 Å². The quantitative estimate of drug-likeness (QED) is 0.763. The molecular formula is C23H28N2O2. The Morgan fingerprint density at radius 3 is 2.41 bits per heavy atom. The van der Waals surface area contributed by atoms with Crippen LogP contribution in [0.25, 0.3) is 6.08 Å². The van der Waals surface area contributed by atoms with Gasteiger partial charge in [0.2, 0.25) is 5.91 Å². The molecule has 1 aliphatic heterocycles. The second kappa shape index (κ2) is 9.38. The second-order valence-corrected chi connectivity index (χ2v) is 7.25. The number of nitrogens with zero attached hydrogens (tertiary/aromatic N) is 1. The Morgan fingerprint density at radius 1 is 1.11 bits per heavy atom. The first-order valence-electron chi connectivity index (χ1n) is 9.57. The highest BCUT2D eigenvalue weighted by Crippen LogP contribution is 2.19. The number of nitrogens with one attached hydrogen (secondary N) is 1. The van der Waals surface area contributed by atoms with E-state index in [2.05, 4.69) is 29.3 Å². The highest BCUT2D eigenvalue weighted by molar-refractivity contribution is 6.01. The third-order valence-corrected chi connectivity index (χ3v) is 5.05. The molecule has 0 aromatic heterocycles. The van der Waals surface area contributed by atoms with E-state index in [-0.39, 0.29) is 5.91 Å². The first kappa shape index (κ1) is 19.2. The molecule has 0 spiro atoms. The number of piperidine rings is 1. The zero-order valence-electron chi connectivity index (χ0n) is 16.2. The normalized spacial score (nSPS) is 15.8. The molecule has 1 amide bonds. The lowest BCUT2D eigenvalue weighted by Crippen LogP contribution is -2.32. The summed E-state index contributed by atoms with van der Waals surface area (Å²) in [6, 6.07) is 15.7. The number of anilines is 1. The van der Waals surface area contributed by atoms with Crippen molar-refractivity contribution in [1.82, 2.24) is 4.90 Å². The highest BCUT2D eigenvalue weighted by atomic mass is 16.5. The molecule has 1 N–H and O–H groups in total. The number of carbonyl (C=O) groups is 1. The van der Waals surface area contributed by atoms with Crippen molar-refractivity contribution in [2.45, 2.75) is 26.3 Å². The summed E-state index contributed by atoms with van der Waals surface area (Å²) in [5, 5.41) is 2.91. The van der Waals surface area contributed by atoms with Crippen molar-refractivity contribution in [3.63, 3.8) is 0 Å². The Morgan fingerprint density at radius 2 is 1.78 bits per heavy atom. The van der Waals surface area contributed by atoms with Gasteiger partial charge in [-0.15, -0.1) is 0 Å². The average Bonchev–Trinajstić information content (AvgIpc) is 2.70. The molecule has 1 fully saturated rings. The largest absolute Gasteiger partial charge is 0.497 e. The zero-order chi connectivity index (χ0) is 19.1. The van der Waals surface area contributed by atoms with E-state index < -0.39 is 0 Å². The fraction of sp³-hybridized carbons (Fsp3) is 0.348. The van der Waals surface area contributed by atoms with Crippen LogP contribution in [0.3, 0.4) is 0 Å². The summed E-state index contributed by atoms with van der Waals surface area (Å²) in [5.41, 5.74) is 3.06. The van der Waals surface area contributed by atoms with E-state index in [4.69, 9.17) is 4.74 Å². The molecule has 4 heteroatoms. The van der Waals surface area contributed by atoms with Gasteiger partial charge in [-0.2, -0.15) is 0 Å². The Labute approximate surface area is 161 Å². The van der Waals surface area contributed by atoms with Crippen molar-refractivity contribution < 1.29 is 9.53 Å². The average molecular weight is 364 g/mol. The van der Waals surface area contributed by atoms with Gasteiger partial charge < -0.3 is 10.1 Å². The van der Waals surface area contributed by atoms with Crippen LogP contribution in [-0.2, 0) is 11.3 Å². The lowest BCUT2D eigenvalue weighted by Gasteiger charge is -2.30. The number of amides is 1. The van der Waals surface area contributed by atoms with Gasteiger partial charge in [0.05, 0.1) is 7.11 Å². The highest BCUT2D eigenvalue weighted by Gasteiger charge is 2.15. The smallest absolute Gasteiger partial charge is 0.248 e. The minimum Gasteiger partial charge on any atom is -0.497 e. The number of methoxy groups -OCH3 is 1. The van der Waals surface area contributed by atoms with Crippen LogP contribution in [0, 0.1) is 5.92 Å². The topological polar surface area (TPSA) is 41.6 Å². The molecule has 0 atom stereocenters. The maximum absolute atomic E-state index is 12.1. The predicted octanol–water partition coefficient (Wildman–Crippen LogP) is 4.58. The Bertz CT molecular complexity index is 758. The number of carbonyl (C=O) groups excluding carboxylic acids is 1. The van der Waals surface area contributed by atoms with Crippen molar-refractivity contribution in [3.05, 3.63) is 65.7 Å². The fourth-order valence-corrected chi connectivity index (χ4v) is 3.24. The van der Waals surface area contributed by atoms with E-state index in [9.17, 15) is 4.79 Å². The van der Waals surface area contributed by atoms with Gasteiger partial charge in [-0.3, -0.25) is 9.69 Å². The van der Waals surface area contributed by atoms with Gasteiger partial charge in [0.15, 0.2) is 0 Å². The van der Waals surface area contributed by atoms with Crippen LogP contribution in [-0.4, -0.2) is 31.0 Å². The molecule has 0 saturated carbocycles. The summed E-state index contributed by atoms with van der Waals surface area (Å²) in [6.07, 6.45) is 5.91. The Kier molecular flexibility index (Phi) is 6.66. The molecule has 2 aromatic carbocycles. The molecule has 1 heterocycles. The van der Waals surface area contributed by atoms with E-state index in [0.29, 0.717) is 0 Å². The van der Waals surface area contributed by atoms with Crippen molar-refractivity contribution in [2.75, 3.05) is 25.5 Å². The number of rotatable bonds is 6. The van der Waals surface area contributed by atoms with E-state index >= 15 is 0 Å². The second-order valence-electron chi connectivity index (χ2n) is 7.25. The van der Waals surface area contributed by atoms with Crippen LogP contribution >= 0.6 is 0 Å². The monoisotopic (exact) mass is 364 g/mol. The summed E-state index contributed by atoms with van der Waals surface area (Å²) < 4.78 is 5.13. The minimum absolute atomic E-state index is 0.136. The fourth-order valence-electron chi connectivity index (χ4n) is 3.24. The first-order chi connectivity index (χ1) is 13.1. The Balaban J connectivity index is 1.49. The van der Waals surface area contributed by atoms with Crippen molar-refractivity contribution in [1.29, 1.82) is 0 Å². The standard InChI is InChI=1S/C23H28N2O2/c1-18-13-15-25(16-14-18)17-20-3-8-21(9-4-20)24-23(26)12-7-19-5-10-22(27-2)11-6-19/h3-12,18H,13-17H2,1-2H3,(H,24,26)/b12-7+. The van der Waals surface area contributed by atoms with Gasteiger partial charge in [0, 0.05) is 18.3 Å². The lowest BCUT2D eigenvalue weighted by atomic mass is 9.99. The van der Waals surface area contributed by atoms with Crippen LogP contribution < -0.4 is 10.1 Å². The van der Waals surface area contributed by atoms with E-state index in [1.54, 1.807) is 19.3 Å². The first-order valence-corrected chi connectivity index (χ1v) is 9.57. The van der Waals surface area contributed by atoms with Crippen LogP contribution in [0.15, 0.2) is 54.6 Å². The van der Waals surface area contributed by atoms with E-state index in [1.807, 2.05) is 36.4 Å². The van der Waals surface area contributed by atoms with Crippen LogP contribution in [0.4, 0.5) is 5.69 Å². The molecule has 0 bridgehead atoms. The SMILES string of the molecule is COc1ccc(/C=C/C(=O)Nc2ccc(CN3CCC(C)CC3)cc2)cc1. The summed E-state index contributed by atoms with van der Waals surface area (Å²) in [6.45, 7) is 5.67. The van der Waals surface area contributed by atoms with Gasteiger partial charge in [-0.25, -0.2) is 0 Å². The molecule has 142 valence electrons. The summed E-state index contributed by atoms with van der Waals surface area (Å²) in [4.78, 5) is 14.6. The molecule has 1 saturated heterocycles. The van der Waals surface area contributed by atoms with Gasteiger partial charge in [-0.05, 0) is 73.3 Å². The van der Waals surface area contributed by atoms with Crippen LogP contribution in [0.2, 0.25) is 0 Å². The molecule has 0 unspecified atom stereocenters. The summed E-state index contributed by atoms with van der Waals surface area (Å²) in [7, 11) is 1.64. The van der Waals surface area contributed by atoms with Gasteiger partial charge in [0.25, 0.3) is 0 Å². The molecule has 0 radical (unpaired) electrons. The zero-order valence-corrected chi connectivity index (χ0v) is 16.2. The molecule has 2 aromatic rings. The van der Waals surface area contributed by atoms with Crippen LogP contribution in [0.5, 0.6) is 5.75 Å². The number of ether oxygens (including phenoxy) is 1. The van der Waals surface area contributed by atoms with E-state index in [0.717, 1.165) is 29.5 Å². The number of hydrogen-bond donors (Lipinski definition) is 1. The molecular weight excluding hydrogens is 336 g/mol. The third kappa shape index (κ3) is 5.97. The molecule has 27 heavy (non-hydrogen) atoms. The lowest BCUT2D eigenvalue weighted by molar-refractivity contribution is -0.111. The maximum atomic E-state index is 12.1. The number of benzene rings is 2. The summed E-state index contributed by atoms with van der Waals surface area (Å²) >= 11 is 0. The molecule has 4 nitrogen and oxygen atoms in total. The third-order valence-electron chi connectivity index (χ3n) is 5.05. The van der Waals surface area contributed by atoms with E-state index in [1.165, 1.54) is 31.5 Å². The van der Waals surface area contributed by atoms with Gasteiger partial charge in [0.1, 0.15) is 5.75 Å². The predicted molar refractivity (Wildman–Crippen MR) is 111 cm³/mol. The van der Waals surface area contributed by atoms with Crippen molar-refractivity contribution >= 4 is 17.7 Å². The number of hydrogen-bond acceptors (Lipinski definition) is 3. The molecule has 0 aliphatic carbocycles. The molecule has 1 aliphatic rings. The van der Waals surface area contributed by atoms with Crippen molar-refractivity contribution in [2.24, 2.45) is 5.92 Å². The van der Waals surface area contributed by atoms with Gasteiger partial charge >= 0.3 is 0 Å². The molecule has 3 rings (SSSR count).